The van der Waals surface area contributed by atoms with Gasteiger partial charge in [0.25, 0.3) is 0 Å². The summed E-state index contributed by atoms with van der Waals surface area (Å²) in [5.41, 5.74) is 0. The molecule has 1 heteroatoms. The van der Waals surface area contributed by atoms with Crippen LogP contribution in [0.15, 0.2) is 0 Å². The van der Waals surface area contributed by atoms with Gasteiger partial charge >= 0.3 is 0 Å². The van der Waals surface area contributed by atoms with Crippen LogP contribution in [0.3, 0.4) is 0 Å². The van der Waals surface area contributed by atoms with E-state index >= 15 is 0 Å². The second kappa shape index (κ2) is 28.0. The van der Waals surface area contributed by atoms with Crippen LogP contribution in [0.1, 0.15) is 168 Å². The first-order chi connectivity index (χ1) is 14.4. The molecular weight excluding hydrogens is 350 g/mol. The van der Waals surface area contributed by atoms with Crippen LogP contribution < -0.4 is 5.32 Å². The van der Waals surface area contributed by atoms with Gasteiger partial charge in [0.05, 0.1) is 0 Å². The average Bonchev–Trinajstić information content (AvgIpc) is 2.74. The van der Waals surface area contributed by atoms with Crippen molar-refractivity contribution in [3.05, 3.63) is 0 Å². The number of rotatable bonds is 26. The Hall–Kier alpha value is -0.0400. The van der Waals surface area contributed by atoms with Crippen LogP contribution >= 0.6 is 0 Å². The molecule has 0 aliphatic carbocycles. The highest BCUT2D eigenvalue weighted by Gasteiger charge is 1.95. The summed E-state index contributed by atoms with van der Waals surface area (Å²) in [4.78, 5) is 0. The summed E-state index contributed by atoms with van der Waals surface area (Å²) in [6.45, 7) is 7.09. The van der Waals surface area contributed by atoms with E-state index in [9.17, 15) is 0 Å². The van der Waals surface area contributed by atoms with Crippen LogP contribution in [0.5, 0.6) is 0 Å². The lowest BCUT2D eigenvalue weighted by atomic mass is 10.0. The van der Waals surface area contributed by atoms with Crippen molar-refractivity contribution in [2.24, 2.45) is 0 Å². The van der Waals surface area contributed by atoms with Crippen molar-refractivity contribution in [1.29, 1.82) is 0 Å². The minimum Gasteiger partial charge on any atom is -0.317 e. The second-order valence-electron chi connectivity index (χ2n) is 9.53. The van der Waals surface area contributed by atoms with Crippen molar-refractivity contribution in [1.82, 2.24) is 5.32 Å². The zero-order valence-corrected chi connectivity index (χ0v) is 20.9. The summed E-state index contributed by atoms with van der Waals surface area (Å²) in [6, 6.07) is 0. The summed E-state index contributed by atoms with van der Waals surface area (Å²) in [5, 5.41) is 3.65. The Labute approximate surface area is 186 Å². The number of hydrogen-bond acceptors (Lipinski definition) is 1. The summed E-state index contributed by atoms with van der Waals surface area (Å²) < 4.78 is 0. The third-order valence-electron chi connectivity index (χ3n) is 6.41. The van der Waals surface area contributed by atoms with Gasteiger partial charge in [-0.3, -0.25) is 0 Å². The topological polar surface area (TPSA) is 12.0 Å². The summed E-state index contributed by atoms with van der Waals surface area (Å²) >= 11 is 0. The molecule has 0 aliphatic rings. The van der Waals surface area contributed by atoms with E-state index in [2.05, 4.69) is 19.2 Å². The van der Waals surface area contributed by atoms with Crippen molar-refractivity contribution >= 4 is 0 Å². The SMILES string of the molecule is CCCCCCCCCCCCCCCCNCCCCCCCCCCCC. The molecule has 1 N–H and O–H groups in total. The minimum absolute atomic E-state index is 1.24. The Morgan fingerprint density at radius 1 is 0.276 bits per heavy atom. The molecule has 0 saturated heterocycles. The summed E-state index contributed by atoms with van der Waals surface area (Å²) in [5.74, 6) is 0. The van der Waals surface area contributed by atoms with Gasteiger partial charge in [0.2, 0.25) is 0 Å². The fraction of sp³-hybridized carbons (Fsp3) is 1.00. The first kappa shape index (κ1) is 29.0. The first-order valence-corrected chi connectivity index (χ1v) is 14.1. The molecule has 1 nitrogen and oxygen atoms in total. The van der Waals surface area contributed by atoms with Gasteiger partial charge in [-0.25, -0.2) is 0 Å². The first-order valence-electron chi connectivity index (χ1n) is 14.1. The second-order valence-corrected chi connectivity index (χ2v) is 9.53. The highest BCUT2D eigenvalue weighted by molar-refractivity contribution is 4.53. The van der Waals surface area contributed by atoms with E-state index in [4.69, 9.17) is 0 Å². The van der Waals surface area contributed by atoms with Crippen LogP contribution in [0.2, 0.25) is 0 Å². The smallest absolute Gasteiger partial charge is 0.00489 e. The standard InChI is InChI=1S/C28H59N/c1-3-5-7-9-11-13-15-16-17-18-20-22-24-26-28-29-27-25-23-21-19-14-12-10-8-6-4-2/h29H,3-28H2,1-2H3. The molecule has 0 fully saturated rings. The van der Waals surface area contributed by atoms with Crippen LogP contribution in [0.25, 0.3) is 0 Å². The molecule has 0 saturated carbocycles. The molecule has 0 bridgehead atoms. The molecule has 0 unspecified atom stereocenters. The van der Waals surface area contributed by atoms with E-state index in [0.717, 1.165) is 0 Å². The summed E-state index contributed by atoms with van der Waals surface area (Å²) in [6.07, 6.45) is 34.8. The van der Waals surface area contributed by atoms with Crippen molar-refractivity contribution in [2.45, 2.75) is 168 Å². The molecule has 0 amide bonds. The maximum absolute atomic E-state index is 3.65. The quantitative estimate of drug-likeness (QED) is 0.140. The van der Waals surface area contributed by atoms with Gasteiger partial charge < -0.3 is 5.32 Å². The molecule has 176 valence electrons. The van der Waals surface area contributed by atoms with E-state index in [-0.39, 0.29) is 0 Å². The van der Waals surface area contributed by atoms with Gasteiger partial charge in [0, 0.05) is 0 Å². The maximum atomic E-state index is 3.65. The summed E-state index contributed by atoms with van der Waals surface area (Å²) in [7, 11) is 0. The molecule has 0 rings (SSSR count). The van der Waals surface area contributed by atoms with Crippen LogP contribution in [0.4, 0.5) is 0 Å². The molecule has 0 aliphatic heterocycles. The van der Waals surface area contributed by atoms with E-state index in [1.165, 1.54) is 167 Å². The predicted molar refractivity (Wildman–Crippen MR) is 135 cm³/mol. The van der Waals surface area contributed by atoms with Gasteiger partial charge in [0.1, 0.15) is 0 Å². The monoisotopic (exact) mass is 409 g/mol. The number of unbranched alkanes of at least 4 members (excludes halogenated alkanes) is 22. The fourth-order valence-electron chi connectivity index (χ4n) is 4.31. The molecule has 0 spiro atoms. The molecular formula is C28H59N. The van der Waals surface area contributed by atoms with E-state index in [1.54, 1.807) is 0 Å². The third kappa shape index (κ3) is 28.0. The lowest BCUT2D eigenvalue weighted by Crippen LogP contribution is -2.16. The normalized spacial score (nSPS) is 11.4. The lowest BCUT2D eigenvalue weighted by molar-refractivity contribution is 0.520. The van der Waals surface area contributed by atoms with Crippen molar-refractivity contribution in [2.75, 3.05) is 13.1 Å². The van der Waals surface area contributed by atoms with Gasteiger partial charge in [-0.1, -0.05) is 155 Å². The van der Waals surface area contributed by atoms with E-state index < -0.39 is 0 Å². The lowest BCUT2D eigenvalue weighted by Gasteiger charge is -2.06. The Balaban J connectivity index is 2.97. The van der Waals surface area contributed by atoms with Crippen LogP contribution in [-0.2, 0) is 0 Å². The Bertz CT molecular complexity index is 237. The van der Waals surface area contributed by atoms with Crippen molar-refractivity contribution in [3.63, 3.8) is 0 Å². The molecule has 0 atom stereocenters. The average molecular weight is 410 g/mol. The Kier molecular flexibility index (Phi) is 27.9. The van der Waals surface area contributed by atoms with E-state index in [0.29, 0.717) is 0 Å². The molecule has 29 heavy (non-hydrogen) atoms. The zero-order valence-electron chi connectivity index (χ0n) is 20.9. The Morgan fingerprint density at radius 2 is 0.483 bits per heavy atom. The van der Waals surface area contributed by atoms with Crippen LogP contribution in [0, 0.1) is 0 Å². The Morgan fingerprint density at radius 3 is 0.724 bits per heavy atom. The van der Waals surface area contributed by atoms with Crippen LogP contribution in [-0.4, -0.2) is 13.1 Å². The van der Waals surface area contributed by atoms with E-state index in [1.807, 2.05) is 0 Å². The highest BCUT2D eigenvalue weighted by atomic mass is 14.8. The molecule has 0 aromatic rings. The molecule has 0 heterocycles. The van der Waals surface area contributed by atoms with Gasteiger partial charge in [-0.15, -0.1) is 0 Å². The van der Waals surface area contributed by atoms with Gasteiger partial charge in [0.15, 0.2) is 0 Å². The maximum Gasteiger partial charge on any atom is -0.00489 e. The van der Waals surface area contributed by atoms with Crippen molar-refractivity contribution in [3.8, 4) is 0 Å². The number of hydrogen-bond donors (Lipinski definition) is 1. The predicted octanol–water partition coefficient (Wildman–Crippen LogP) is 9.98. The van der Waals surface area contributed by atoms with Gasteiger partial charge in [-0.05, 0) is 25.9 Å². The highest BCUT2D eigenvalue weighted by Crippen LogP contribution is 2.13. The minimum atomic E-state index is 1.24. The fourth-order valence-corrected chi connectivity index (χ4v) is 4.31. The third-order valence-corrected chi connectivity index (χ3v) is 6.41. The number of nitrogens with one attached hydrogen (secondary N) is 1. The molecule has 0 aromatic heterocycles. The van der Waals surface area contributed by atoms with Gasteiger partial charge in [-0.2, -0.15) is 0 Å². The largest absolute Gasteiger partial charge is 0.317 e. The zero-order chi connectivity index (χ0) is 21.1. The molecule has 0 aromatic carbocycles. The van der Waals surface area contributed by atoms with Crippen molar-refractivity contribution < 1.29 is 0 Å². The molecule has 0 radical (unpaired) electrons.